The molecule has 0 spiro atoms. The highest BCUT2D eigenvalue weighted by Gasteiger charge is 2.18. The van der Waals surface area contributed by atoms with Crippen molar-refractivity contribution in [1.82, 2.24) is 15.0 Å². The average molecular weight is 276 g/mol. The van der Waals surface area contributed by atoms with Crippen molar-refractivity contribution in [2.24, 2.45) is 5.73 Å². The van der Waals surface area contributed by atoms with Crippen LogP contribution in [0.4, 0.5) is 0 Å². The third-order valence-electron chi connectivity index (χ3n) is 2.91. The minimum absolute atomic E-state index is 0.0380. The molecule has 106 valence electrons. The number of rotatable bonds is 6. The number of carboxylic acid groups (broad SMARTS) is 1. The highest BCUT2D eigenvalue weighted by atomic mass is 16.5. The number of carbonyl (C=O) groups is 1. The second kappa shape index (κ2) is 6.16. The quantitative estimate of drug-likeness (QED) is 0.798. The van der Waals surface area contributed by atoms with Crippen LogP contribution in [0.25, 0.3) is 0 Å². The van der Waals surface area contributed by atoms with Crippen LogP contribution in [0, 0.1) is 0 Å². The maximum atomic E-state index is 11.1. The molecule has 0 fully saturated rings. The summed E-state index contributed by atoms with van der Waals surface area (Å²) in [6.07, 6.45) is 0.421. The molecule has 0 unspecified atom stereocenters. The van der Waals surface area contributed by atoms with Gasteiger partial charge in [-0.1, -0.05) is 17.3 Å². The first-order valence-corrected chi connectivity index (χ1v) is 6.14. The number of nitrogens with two attached hydrogens (primary N) is 1. The Morgan fingerprint density at radius 3 is 2.65 bits per heavy atom. The normalized spacial score (nSPS) is 10.5. The maximum Gasteiger partial charge on any atom is 0.358 e. The van der Waals surface area contributed by atoms with E-state index in [2.05, 4.69) is 10.3 Å². The van der Waals surface area contributed by atoms with Gasteiger partial charge in [-0.15, -0.1) is 5.10 Å². The fourth-order valence-electron chi connectivity index (χ4n) is 1.91. The summed E-state index contributed by atoms with van der Waals surface area (Å²) in [5.41, 5.74) is 6.99. The summed E-state index contributed by atoms with van der Waals surface area (Å²) in [5, 5.41) is 16.7. The maximum absolute atomic E-state index is 11.1. The Labute approximate surface area is 116 Å². The third kappa shape index (κ3) is 2.94. The number of methoxy groups -OCH3 is 1. The van der Waals surface area contributed by atoms with Gasteiger partial charge in [0.15, 0.2) is 5.69 Å². The van der Waals surface area contributed by atoms with Crippen molar-refractivity contribution in [3.63, 3.8) is 0 Å². The Balaban J connectivity index is 2.25. The van der Waals surface area contributed by atoms with Crippen molar-refractivity contribution in [3.05, 3.63) is 41.2 Å². The molecule has 3 N–H and O–H groups in total. The van der Waals surface area contributed by atoms with Crippen LogP contribution in [-0.4, -0.2) is 39.7 Å². The molecule has 20 heavy (non-hydrogen) atoms. The van der Waals surface area contributed by atoms with Gasteiger partial charge in [0.2, 0.25) is 0 Å². The van der Waals surface area contributed by atoms with Crippen LogP contribution in [0.1, 0.15) is 21.7 Å². The lowest BCUT2D eigenvalue weighted by atomic mass is 10.2. The molecule has 0 radical (unpaired) electrons. The predicted octanol–water partition coefficient (Wildman–Crippen LogP) is 0.534. The van der Waals surface area contributed by atoms with Gasteiger partial charge in [0.25, 0.3) is 0 Å². The van der Waals surface area contributed by atoms with E-state index in [1.165, 1.54) is 0 Å². The zero-order valence-electron chi connectivity index (χ0n) is 11.1. The van der Waals surface area contributed by atoms with Crippen molar-refractivity contribution in [1.29, 1.82) is 0 Å². The van der Waals surface area contributed by atoms with Crippen LogP contribution >= 0.6 is 0 Å². The van der Waals surface area contributed by atoms with Gasteiger partial charge < -0.3 is 15.6 Å². The van der Waals surface area contributed by atoms with Crippen molar-refractivity contribution < 1.29 is 14.6 Å². The second-order valence-corrected chi connectivity index (χ2v) is 4.23. The molecule has 0 aliphatic carbocycles. The minimum atomic E-state index is -1.09. The molecule has 1 aromatic carbocycles. The molecule has 7 nitrogen and oxygen atoms in total. The fraction of sp³-hybridized carbons (Fsp3) is 0.308. The van der Waals surface area contributed by atoms with E-state index in [4.69, 9.17) is 15.6 Å². The number of benzene rings is 1. The Hall–Kier alpha value is -2.41. The second-order valence-electron chi connectivity index (χ2n) is 4.23. The van der Waals surface area contributed by atoms with Gasteiger partial charge in [-0.2, -0.15) is 0 Å². The summed E-state index contributed by atoms with van der Waals surface area (Å²) in [5.74, 6) is -0.324. The first-order valence-electron chi connectivity index (χ1n) is 6.14. The Morgan fingerprint density at radius 2 is 2.10 bits per heavy atom. The first-order chi connectivity index (χ1) is 9.65. The van der Waals surface area contributed by atoms with E-state index in [-0.39, 0.29) is 5.69 Å². The molecular weight excluding hydrogens is 260 g/mol. The van der Waals surface area contributed by atoms with Gasteiger partial charge in [0, 0.05) is 6.42 Å². The van der Waals surface area contributed by atoms with Crippen molar-refractivity contribution in [3.8, 4) is 5.75 Å². The summed E-state index contributed by atoms with van der Waals surface area (Å²) in [6.45, 7) is 0.788. The van der Waals surface area contributed by atoms with Crippen LogP contribution < -0.4 is 10.5 Å². The van der Waals surface area contributed by atoms with Gasteiger partial charge in [-0.05, 0) is 24.2 Å². The number of hydrogen-bond donors (Lipinski definition) is 2. The molecule has 0 saturated heterocycles. The number of hydrogen-bond acceptors (Lipinski definition) is 5. The van der Waals surface area contributed by atoms with Crippen molar-refractivity contribution >= 4 is 5.97 Å². The van der Waals surface area contributed by atoms with Gasteiger partial charge >= 0.3 is 5.97 Å². The van der Waals surface area contributed by atoms with E-state index in [0.717, 1.165) is 11.3 Å². The van der Waals surface area contributed by atoms with Gasteiger partial charge in [0.1, 0.15) is 5.75 Å². The van der Waals surface area contributed by atoms with Crippen molar-refractivity contribution in [2.75, 3.05) is 13.7 Å². The van der Waals surface area contributed by atoms with Crippen LogP contribution in [-0.2, 0) is 13.0 Å². The predicted molar refractivity (Wildman–Crippen MR) is 71.8 cm³/mol. The van der Waals surface area contributed by atoms with Crippen LogP contribution in [0.15, 0.2) is 24.3 Å². The standard InChI is InChI=1S/C13H16N4O3/c1-20-10-4-2-9(3-5-10)8-17-11(6-7-14)12(13(18)19)15-16-17/h2-5H,6-8,14H2,1H3,(H,18,19). The van der Waals surface area contributed by atoms with Crippen LogP contribution in [0.2, 0.25) is 0 Å². The summed E-state index contributed by atoms with van der Waals surface area (Å²) < 4.78 is 6.66. The fourth-order valence-corrected chi connectivity index (χ4v) is 1.91. The van der Waals surface area contributed by atoms with Crippen molar-refractivity contribution in [2.45, 2.75) is 13.0 Å². The molecule has 0 amide bonds. The van der Waals surface area contributed by atoms with Gasteiger partial charge in [0.05, 0.1) is 19.3 Å². The number of ether oxygens (including phenoxy) is 1. The lowest BCUT2D eigenvalue weighted by Gasteiger charge is -2.07. The average Bonchev–Trinajstić information content (AvgIpc) is 2.83. The smallest absolute Gasteiger partial charge is 0.358 e. The molecule has 1 heterocycles. The minimum Gasteiger partial charge on any atom is -0.497 e. The summed E-state index contributed by atoms with van der Waals surface area (Å²) in [6, 6.07) is 7.47. The number of carboxylic acids is 1. The summed E-state index contributed by atoms with van der Waals surface area (Å²) in [7, 11) is 1.60. The lowest BCUT2D eigenvalue weighted by molar-refractivity contribution is 0.0689. The third-order valence-corrected chi connectivity index (χ3v) is 2.91. The Morgan fingerprint density at radius 1 is 1.40 bits per heavy atom. The number of aromatic carboxylic acids is 1. The highest BCUT2D eigenvalue weighted by molar-refractivity contribution is 5.86. The molecule has 1 aromatic heterocycles. The largest absolute Gasteiger partial charge is 0.497 e. The monoisotopic (exact) mass is 276 g/mol. The van der Waals surface area contributed by atoms with E-state index in [0.29, 0.717) is 25.2 Å². The number of nitrogens with zero attached hydrogens (tertiary/aromatic N) is 3. The SMILES string of the molecule is COc1ccc(Cn2nnc(C(=O)O)c2CCN)cc1. The first kappa shape index (κ1) is 14.0. The molecule has 0 aliphatic heterocycles. The highest BCUT2D eigenvalue weighted by Crippen LogP contribution is 2.14. The topological polar surface area (TPSA) is 103 Å². The summed E-state index contributed by atoms with van der Waals surface area (Å²) >= 11 is 0. The van der Waals surface area contributed by atoms with E-state index in [1.54, 1.807) is 11.8 Å². The van der Waals surface area contributed by atoms with Crippen LogP contribution in [0.3, 0.4) is 0 Å². The zero-order chi connectivity index (χ0) is 14.5. The molecule has 2 rings (SSSR count). The van der Waals surface area contributed by atoms with E-state index in [1.807, 2.05) is 24.3 Å². The molecule has 7 heteroatoms. The summed E-state index contributed by atoms with van der Waals surface area (Å²) in [4.78, 5) is 11.1. The van der Waals surface area contributed by atoms with E-state index in [9.17, 15) is 4.79 Å². The Bertz CT molecular complexity index is 592. The zero-order valence-corrected chi connectivity index (χ0v) is 11.1. The van der Waals surface area contributed by atoms with Crippen LogP contribution in [0.5, 0.6) is 5.75 Å². The lowest BCUT2D eigenvalue weighted by Crippen LogP contribution is -2.14. The van der Waals surface area contributed by atoms with Gasteiger partial charge in [-0.25, -0.2) is 9.48 Å². The van der Waals surface area contributed by atoms with E-state index < -0.39 is 5.97 Å². The molecule has 0 bridgehead atoms. The van der Waals surface area contributed by atoms with Gasteiger partial charge in [-0.3, -0.25) is 0 Å². The Kier molecular flexibility index (Phi) is 4.31. The molecule has 0 aliphatic rings. The molecular formula is C13H16N4O3. The molecule has 2 aromatic rings. The van der Waals surface area contributed by atoms with E-state index >= 15 is 0 Å². The molecule has 0 saturated carbocycles. The molecule has 0 atom stereocenters. The number of aromatic nitrogens is 3.